The minimum Gasteiger partial charge on any atom is -0.492 e. The number of anilines is 1. The summed E-state index contributed by atoms with van der Waals surface area (Å²) in [6.07, 6.45) is 1.66. The summed E-state index contributed by atoms with van der Waals surface area (Å²) in [6.45, 7) is 8.99. The van der Waals surface area contributed by atoms with Gasteiger partial charge in [-0.05, 0) is 32.9 Å². The summed E-state index contributed by atoms with van der Waals surface area (Å²) in [5.74, 6) is 1.50. The van der Waals surface area contributed by atoms with Gasteiger partial charge in [0.25, 0.3) is 0 Å². The summed E-state index contributed by atoms with van der Waals surface area (Å²) in [5, 5.41) is 0. The Morgan fingerprint density at radius 1 is 1.30 bits per heavy atom. The second-order valence-corrected chi connectivity index (χ2v) is 5.68. The largest absolute Gasteiger partial charge is 0.492 e. The summed E-state index contributed by atoms with van der Waals surface area (Å²) in [6, 6.07) is 7.44. The van der Waals surface area contributed by atoms with Gasteiger partial charge < -0.3 is 15.2 Å². The van der Waals surface area contributed by atoms with Gasteiger partial charge in [0.1, 0.15) is 24.4 Å². The zero-order valence-corrected chi connectivity index (χ0v) is 13.1. The highest BCUT2D eigenvalue weighted by Gasteiger charge is 2.25. The van der Waals surface area contributed by atoms with Crippen LogP contribution < -0.4 is 10.5 Å². The second-order valence-electron chi connectivity index (χ2n) is 5.68. The molecule has 1 aliphatic heterocycles. The van der Waals surface area contributed by atoms with Crippen molar-refractivity contribution in [3.8, 4) is 5.75 Å². The third kappa shape index (κ3) is 4.32. The SMILES string of the molecule is CC(C)(C)N1CCOC(=COc2ccccc2N)C1.Cl. The zero-order valence-electron chi connectivity index (χ0n) is 12.3. The first-order valence-corrected chi connectivity index (χ1v) is 6.55. The molecule has 1 heterocycles. The molecule has 0 bridgehead atoms. The van der Waals surface area contributed by atoms with Gasteiger partial charge in [0.2, 0.25) is 0 Å². The molecule has 2 rings (SSSR count). The molecule has 0 spiro atoms. The fourth-order valence-corrected chi connectivity index (χ4v) is 1.96. The van der Waals surface area contributed by atoms with Crippen LogP contribution in [0.15, 0.2) is 36.3 Å². The number of rotatable bonds is 2. The molecule has 2 N–H and O–H groups in total. The van der Waals surface area contributed by atoms with E-state index in [0.717, 1.165) is 18.8 Å². The van der Waals surface area contributed by atoms with E-state index in [1.807, 2.05) is 24.3 Å². The van der Waals surface area contributed by atoms with E-state index >= 15 is 0 Å². The molecular weight excluding hydrogens is 276 g/mol. The first kappa shape index (κ1) is 16.7. The van der Waals surface area contributed by atoms with Crippen molar-refractivity contribution in [1.82, 2.24) is 4.90 Å². The minimum absolute atomic E-state index is 0. The number of benzene rings is 1. The Morgan fingerprint density at radius 2 is 2.00 bits per heavy atom. The zero-order chi connectivity index (χ0) is 13.9. The van der Waals surface area contributed by atoms with Gasteiger partial charge in [-0.2, -0.15) is 0 Å². The lowest BCUT2D eigenvalue weighted by atomic mass is 10.1. The van der Waals surface area contributed by atoms with E-state index in [1.54, 1.807) is 6.26 Å². The van der Waals surface area contributed by atoms with E-state index in [4.69, 9.17) is 15.2 Å². The number of halogens is 1. The molecule has 1 aliphatic rings. The molecule has 1 fully saturated rings. The Hall–Kier alpha value is -1.39. The molecule has 0 unspecified atom stereocenters. The summed E-state index contributed by atoms with van der Waals surface area (Å²) >= 11 is 0. The van der Waals surface area contributed by atoms with Gasteiger partial charge in [0, 0.05) is 12.1 Å². The lowest BCUT2D eigenvalue weighted by molar-refractivity contribution is 0.0360. The van der Waals surface area contributed by atoms with Gasteiger partial charge in [-0.3, -0.25) is 4.90 Å². The molecule has 1 aromatic carbocycles. The molecule has 0 amide bonds. The van der Waals surface area contributed by atoms with Crippen LogP contribution in [0.3, 0.4) is 0 Å². The van der Waals surface area contributed by atoms with E-state index in [-0.39, 0.29) is 17.9 Å². The van der Waals surface area contributed by atoms with Crippen molar-refractivity contribution in [2.24, 2.45) is 0 Å². The van der Waals surface area contributed by atoms with Gasteiger partial charge in [-0.1, -0.05) is 12.1 Å². The number of hydrogen-bond donors (Lipinski definition) is 1. The number of nitrogens with two attached hydrogens (primary N) is 1. The van der Waals surface area contributed by atoms with Crippen LogP contribution in [-0.2, 0) is 4.74 Å². The van der Waals surface area contributed by atoms with Crippen LogP contribution in [0.2, 0.25) is 0 Å². The summed E-state index contributed by atoms with van der Waals surface area (Å²) in [4.78, 5) is 2.36. The quantitative estimate of drug-likeness (QED) is 0.673. The number of hydrogen-bond acceptors (Lipinski definition) is 4. The van der Waals surface area contributed by atoms with Crippen molar-refractivity contribution in [1.29, 1.82) is 0 Å². The maximum atomic E-state index is 5.83. The Bertz CT molecular complexity index is 469. The lowest BCUT2D eigenvalue weighted by Gasteiger charge is -2.38. The van der Waals surface area contributed by atoms with Crippen LogP contribution in [-0.4, -0.2) is 30.1 Å². The van der Waals surface area contributed by atoms with Gasteiger partial charge in [0.05, 0.1) is 12.2 Å². The van der Waals surface area contributed by atoms with Crippen molar-refractivity contribution in [2.45, 2.75) is 26.3 Å². The molecule has 0 atom stereocenters. The molecule has 0 saturated carbocycles. The average molecular weight is 299 g/mol. The van der Waals surface area contributed by atoms with Crippen LogP contribution >= 0.6 is 12.4 Å². The highest BCUT2D eigenvalue weighted by atomic mass is 35.5. The number of ether oxygens (including phenoxy) is 2. The van der Waals surface area contributed by atoms with Crippen molar-refractivity contribution in [3.05, 3.63) is 36.3 Å². The maximum absolute atomic E-state index is 5.83. The van der Waals surface area contributed by atoms with E-state index in [9.17, 15) is 0 Å². The van der Waals surface area contributed by atoms with Crippen molar-refractivity contribution in [3.63, 3.8) is 0 Å². The normalized spacial score (nSPS) is 18.2. The van der Waals surface area contributed by atoms with E-state index in [2.05, 4.69) is 25.7 Å². The van der Waals surface area contributed by atoms with Crippen molar-refractivity contribution < 1.29 is 9.47 Å². The Balaban J connectivity index is 0.00000200. The second kappa shape index (κ2) is 6.86. The number of nitrogens with zero attached hydrogens (tertiary/aromatic N) is 1. The number of nitrogen functional groups attached to an aromatic ring is 1. The van der Waals surface area contributed by atoms with E-state index in [1.165, 1.54) is 0 Å². The summed E-state index contributed by atoms with van der Waals surface area (Å²) in [5.41, 5.74) is 6.59. The maximum Gasteiger partial charge on any atom is 0.149 e. The monoisotopic (exact) mass is 298 g/mol. The average Bonchev–Trinajstić information content (AvgIpc) is 2.37. The molecular formula is C15H23ClN2O2. The predicted molar refractivity (Wildman–Crippen MR) is 84.1 cm³/mol. The highest BCUT2D eigenvalue weighted by Crippen LogP contribution is 2.22. The third-order valence-electron chi connectivity index (χ3n) is 3.18. The third-order valence-corrected chi connectivity index (χ3v) is 3.18. The molecule has 1 saturated heterocycles. The van der Waals surface area contributed by atoms with Crippen LogP contribution in [0.4, 0.5) is 5.69 Å². The number of para-hydroxylation sites is 2. The van der Waals surface area contributed by atoms with Crippen LogP contribution in [0.5, 0.6) is 5.75 Å². The van der Waals surface area contributed by atoms with E-state index in [0.29, 0.717) is 18.0 Å². The van der Waals surface area contributed by atoms with Gasteiger partial charge >= 0.3 is 0 Å². The van der Waals surface area contributed by atoms with Gasteiger partial charge in [-0.15, -0.1) is 12.4 Å². The van der Waals surface area contributed by atoms with Crippen LogP contribution in [0.25, 0.3) is 0 Å². The van der Waals surface area contributed by atoms with Crippen molar-refractivity contribution >= 4 is 18.1 Å². The Morgan fingerprint density at radius 3 is 2.65 bits per heavy atom. The molecule has 1 aromatic rings. The molecule has 0 radical (unpaired) electrons. The van der Waals surface area contributed by atoms with Crippen molar-refractivity contribution in [2.75, 3.05) is 25.4 Å². The molecule has 112 valence electrons. The molecule has 5 heteroatoms. The fourth-order valence-electron chi connectivity index (χ4n) is 1.96. The first-order valence-electron chi connectivity index (χ1n) is 6.55. The number of morpholine rings is 1. The molecule has 0 aromatic heterocycles. The first-order chi connectivity index (χ1) is 8.97. The Labute approximate surface area is 127 Å². The highest BCUT2D eigenvalue weighted by molar-refractivity contribution is 5.85. The lowest BCUT2D eigenvalue weighted by Crippen LogP contribution is -2.47. The predicted octanol–water partition coefficient (Wildman–Crippen LogP) is 3.04. The smallest absolute Gasteiger partial charge is 0.149 e. The summed E-state index contributed by atoms with van der Waals surface area (Å²) < 4.78 is 11.2. The molecule has 4 nitrogen and oxygen atoms in total. The molecule has 20 heavy (non-hydrogen) atoms. The molecule has 0 aliphatic carbocycles. The topological polar surface area (TPSA) is 47.7 Å². The fraction of sp³-hybridized carbons (Fsp3) is 0.467. The standard InChI is InChI=1S/C15H22N2O2.ClH/c1-15(2,3)17-8-9-18-12(10-17)11-19-14-7-5-4-6-13(14)16;/h4-7,11H,8-10,16H2,1-3H3;1H. The van der Waals surface area contributed by atoms with E-state index < -0.39 is 0 Å². The van der Waals surface area contributed by atoms with Gasteiger partial charge in [-0.25, -0.2) is 0 Å². The minimum atomic E-state index is 0. The van der Waals surface area contributed by atoms with Gasteiger partial charge in [0.15, 0.2) is 0 Å². The van der Waals surface area contributed by atoms with Crippen LogP contribution in [0.1, 0.15) is 20.8 Å². The Kier molecular flexibility index (Phi) is 5.72. The summed E-state index contributed by atoms with van der Waals surface area (Å²) in [7, 11) is 0. The van der Waals surface area contributed by atoms with Crippen LogP contribution in [0, 0.1) is 0 Å².